The van der Waals surface area contributed by atoms with Crippen LogP contribution in [0.1, 0.15) is 5.82 Å². The van der Waals surface area contributed by atoms with Crippen LogP contribution in [0.3, 0.4) is 0 Å². The summed E-state index contributed by atoms with van der Waals surface area (Å²) in [6.07, 6.45) is 0.740. The van der Waals surface area contributed by atoms with Crippen molar-refractivity contribution in [3.8, 4) is 0 Å². The summed E-state index contributed by atoms with van der Waals surface area (Å²) in [4.78, 5) is 3.92. The van der Waals surface area contributed by atoms with Gasteiger partial charge in [0.2, 0.25) is 5.95 Å². The highest BCUT2D eigenvalue weighted by atomic mass is 16.3. The quantitative estimate of drug-likeness (QED) is 0.404. The lowest BCUT2D eigenvalue weighted by Gasteiger charge is -1.98. The predicted octanol–water partition coefficient (Wildman–Crippen LogP) is -1.49. The second-order valence-corrected chi connectivity index (χ2v) is 2.36. The summed E-state index contributed by atoms with van der Waals surface area (Å²) in [5.41, 5.74) is 5.30. The zero-order valence-corrected chi connectivity index (χ0v) is 6.75. The molecule has 1 aromatic rings. The van der Waals surface area contributed by atoms with Crippen LogP contribution in [-0.2, 0) is 6.42 Å². The number of hydrogen-bond acceptors (Lipinski definition) is 5. The van der Waals surface area contributed by atoms with Crippen LogP contribution in [0.4, 0.5) is 5.95 Å². The summed E-state index contributed by atoms with van der Waals surface area (Å²) in [6.45, 7) is 1.51. The molecule has 68 valence electrons. The molecule has 0 aromatic carbocycles. The topological polar surface area (TPSA) is 99.8 Å². The number of aliphatic hydroxyl groups is 1. The summed E-state index contributed by atoms with van der Waals surface area (Å²) in [5, 5.41) is 17.8. The van der Waals surface area contributed by atoms with Crippen molar-refractivity contribution >= 4 is 5.95 Å². The number of nitrogens with one attached hydrogen (secondary N) is 2. The summed E-state index contributed by atoms with van der Waals surface area (Å²) >= 11 is 0. The molecule has 1 aromatic heterocycles. The van der Waals surface area contributed by atoms with Gasteiger partial charge in [-0.3, -0.25) is 5.10 Å². The summed E-state index contributed by atoms with van der Waals surface area (Å²) in [7, 11) is 0. The number of nitrogens with two attached hydrogens (primary N) is 1. The third kappa shape index (κ3) is 2.85. The Morgan fingerprint density at radius 1 is 1.50 bits per heavy atom. The first-order chi connectivity index (χ1) is 5.83. The minimum atomic E-state index is 0.151. The average Bonchev–Trinajstić information content (AvgIpc) is 2.45. The van der Waals surface area contributed by atoms with Crippen molar-refractivity contribution in [2.75, 3.05) is 25.4 Å². The Hall–Kier alpha value is -1.14. The van der Waals surface area contributed by atoms with Crippen LogP contribution in [0.2, 0.25) is 0 Å². The van der Waals surface area contributed by atoms with Crippen LogP contribution in [0.15, 0.2) is 0 Å². The van der Waals surface area contributed by atoms with E-state index in [9.17, 15) is 0 Å². The Labute approximate surface area is 70.2 Å². The molecular formula is C6H13N5O. The van der Waals surface area contributed by atoms with Gasteiger partial charge in [-0.05, 0) is 0 Å². The predicted molar refractivity (Wildman–Crippen MR) is 44.5 cm³/mol. The van der Waals surface area contributed by atoms with E-state index in [1.165, 1.54) is 0 Å². The van der Waals surface area contributed by atoms with E-state index >= 15 is 0 Å². The van der Waals surface area contributed by atoms with Gasteiger partial charge in [-0.1, -0.05) is 0 Å². The molecule has 12 heavy (non-hydrogen) atoms. The van der Waals surface area contributed by atoms with Crippen molar-refractivity contribution in [1.29, 1.82) is 0 Å². The van der Waals surface area contributed by atoms with Gasteiger partial charge in [0, 0.05) is 19.5 Å². The smallest absolute Gasteiger partial charge is 0.239 e. The molecule has 0 bridgehead atoms. The normalized spacial score (nSPS) is 10.4. The maximum absolute atomic E-state index is 8.45. The number of aliphatic hydroxyl groups excluding tert-OH is 1. The third-order valence-corrected chi connectivity index (χ3v) is 1.38. The minimum Gasteiger partial charge on any atom is -0.395 e. The van der Waals surface area contributed by atoms with Crippen LogP contribution >= 0.6 is 0 Å². The largest absolute Gasteiger partial charge is 0.395 e. The lowest BCUT2D eigenvalue weighted by atomic mass is 10.4. The molecule has 1 rings (SSSR count). The van der Waals surface area contributed by atoms with Crippen molar-refractivity contribution in [2.45, 2.75) is 6.42 Å². The molecule has 0 saturated carbocycles. The molecule has 5 N–H and O–H groups in total. The highest BCUT2D eigenvalue weighted by Gasteiger charge is 1.97. The molecule has 0 atom stereocenters. The van der Waals surface area contributed by atoms with E-state index in [1.807, 2.05) is 0 Å². The second kappa shape index (κ2) is 4.68. The van der Waals surface area contributed by atoms with Gasteiger partial charge in [0.15, 0.2) is 0 Å². The third-order valence-electron chi connectivity index (χ3n) is 1.38. The van der Waals surface area contributed by atoms with Crippen LogP contribution < -0.4 is 11.1 Å². The van der Waals surface area contributed by atoms with Gasteiger partial charge in [0.1, 0.15) is 5.82 Å². The van der Waals surface area contributed by atoms with Crippen molar-refractivity contribution in [3.05, 3.63) is 5.82 Å². The van der Waals surface area contributed by atoms with Crippen LogP contribution in [-0.4, -0.2) is 40.0 Å². The Morgan fingerprint density at radius 2 is 2.33 bits per heavy atom. The monoisotopic (exact) mass is 171 g/mol. The van der Waals surface area contributed by atoms with Crippen LogP contribution in [0.5, 0.6) is 0 Å². The number of hydrogen-bond donors (Lipinski definition) is 4. The highest BCUT2D eigenvalue weighted by Crippen LogP contribution is 1.92. The molecule has 0 unspecified atom stereocenters. The van der Waals surface area contributed by atoms with Gasteiger partial charge in [-0.15, -0.1) is 5.10 Å². The number of H-pyrrole nitrogens is 1. The second-order valence-electron chi connectivity index (χ2n) is 2.36. The summed E-state index contributed by atoms with van der Waals surface area (Å²) in [5.74, 6) is 1.03. The lowest BCUT2D eigenvalue weighted by Crippen LogP contribution is -2.21. The standard InChI is InChI=1S/C6H13N5O/c7-6-9-5(10-11-6)1-2-8-3-4-12/h8,12H,1-4H2,(H3,7,9,10,11). The van der Waals surface area contributed by atoms with E-state index in [1.54, 1.807) is 0 Å². The molecule has 6 heteroatoms. The van der Waals surface area contributed by atoms with Crippen LogP contribution in [0.25, 0.3) is 0 Å². The molecular weight excluding hydrogens is 158 g/mol. The zero-order chi connectivity index (χ0) is 8.81. The number of rotatable bonds is 5. The van der Waals surface area contributed by atoms with Gasteiger partial charge < -0.3 is 16.2 Å². The average molecular weight is 171 g/mol. The number of anilines is 1. The van der Waals surface area contributed by atoms with E-state index < -0.39 is 0 Å². The molecule has 0 spiro atoms. The Morgan fingerprint density at radius 3 is 2.92 bits per heavy atom. The van der Waals surface area contributed by atoms with Gasteiger partial charge in [-0.25, -0.2) is 0 Å². The molecule has 0 amide bonds. The molecule has 0 fully saturated rings. The van der Waals surface area contributed by atoms with E-state index in [0.29, 0.717) is 6.54 Å². The fourth-order valence-electron chi connectivity index (χ4n) is 0.833. The van der Waals surface area contributed by atoms with Gasteiger partial charge in [0.05, 0.1) is 6.61 Å². The van der Waals surface area contributed by atoms with Crippen molar-refractivity contribution in [3.63, 3.8) is 0 Å². The van der Waals surface area contributed by atoms with Crippen molar-refractivity contribution in [2.24, 2.45) is 0 Å². The number of nitrogen functional groups attached to an aromatic ring is 1. The number of aromatic nitrogens is 3. The number of aromatic amines is 1. The Kier molecular flexibility index (Phi) is 3.49. The zero-order valence-electron chi connectivity index (χ0n) is 6.75. The van der Waals surface area contributed by atoms with E-state index in [4.69, 9.17) is 10.8 Å². The van der Waals surface area contributed by atoms with E-state index in [0.717, 1.165) is 18.8 Å². The maximum atomic E-state index is 8.45. The Bertz CT molecular complexity index is 223. The highest BCUT2D eigenvalue weighted by molar-refractivity contribution is 5.12. The molecule has 0 aliphatic carbocycles. The first-order valence-electron chi connectivity index (χ1n) is 3.81. The van der Waals surface area contributed by atoms with Crippen molar-refractivity contribution in [1.82, 2.24) is 20.5 Å². The molecule has 0 radical (unpaired) electrons. The first kappa shape index (κ1) is 8.95. The van der Waals surface area contributed by atoms with Gasteiger partial charge >= 0.3 is 0 Å². The summed E-state index contributed by atoms with van der Waals surface area (Å²) < 4.78 is 0. The van der Waals surface area contributed by atoms with Crippen molar-refractivity contribution < 1.29 is 5.11 Å². The molecule has 6 nitrogen and oxygen atoms in total. The van der Waals surface area contributed by atoms with Crippen LogP contribution in [0, 0.1) is 0 Å². The Balaban J connectivity index is 2.15. The number of nitrogens with zero attached hydrogens (tertiary/aromatic N) is 2. The molecule has 1 heterocycles. The van der Waals surface area contributed by atoms with Gasteiger partial charge in [-0.2, -0.15) is 4.98 Å². The fraction of sp³-hybridized carbons (Fsp3) is 0.667. The minimum absolute atomic E-state index is 0.151. The maximum Gasteiger partial charge on any atom is 0.239 e. The molecule has 0 saturated heterocycles. The molecule has 0 aliphatic rings. The SMILES string of the molecule is Nc1n[nH]c(CCNCCO)n1. The molecule has 0 aliphatic heterocycles. The first-order valence-corrected chi connectivity index (χ1v) is 3.81. The fourth-order valence-corrected chi connectivity index (χ4v) is 0.833. The lowest BCUT2D eigenvalue weighted by molar-refractivity contribution is 0.292. The summed E-state index contributed by atoms with van der Waals surface area (Å²) in [6, 6.07) is 0. The van der Waals surface area contributed by atoms with E-state index in [-0.39, 0.29) is 12.6 Å². The van der Waals surface area contributed by atoms with Gasteiger partial charge in [0.25, 0.3) is 0 Å². The van der Waals surface area contributed by atoms with E-state index in [2.05, 4.69) is 20.5 Å².